The van der Waals surface area contributed by atoms with Crippen molar-refractivity contribution in [1.82, 2.24) is 0 Å². The van der Waals surface area contributed by atoms with E-state index >= 15 is 0 Å². The van der Waals surface area contributed by atoms with Crippen LogP contribution in [0.15, 0.2) is 24.3 Å². The number of anilines is 1. The van der Waals surface area contributed by atoms with E-state index in [0.717, 1.165) is 51.3 Å². The summed E-state index contributed by atoms with van der Waals surface area (Å²) in [5.41, 5.74) is 7.19. The summed E-state index contributed by atoms with van der Waals surface area (Å²) in [5, 5.41) is 0. The fraction of sp³-hybridized carbons (Fsp3) is 0.625. The lowest BCUT2D eigenvalue weighted by molar-refractivity contribution is 0.131. The van der Waals surface area contributed by atoms with Crippen molar-refractivity contribution in [2.45, 2.75) is 32.2 Å². The second-order valence-corrected chi connectivity index (χ2v) is 5.22. The topological polar surface area (TPSA) is 47.7 Å². The van der Waals surface area contributed by atoms with Crippen LogP contribution in [0.3, 0.4) is 0 Å². The molecule has 0 amide bonds. The Kier molecular flexibility index (Phi) is 6.15. The standard InChI is InChI=1S/C16H26N2O2/c1-2-19-12-3-13-20-16-6-4-15(5-7-16)18-10-8-14(17)9-11-18/h4-7,14H,2-3,8-13,17H2,1H3. The first-order chi connectivity index (χ1) is 9.79. The van der Waals surface area contributed by atoms with E-state index in [9.17, 15) is 0 Å². The zero-order chi connectivity index (χ0) is 14.2. The van der Waals surface area contributed by atoms with Crippen molar-refractivity contribution in [3.63, 3.8) is 0 Å². The van der Waals surface area contributed by atoms with Crippen LogP contribution in [0.4, 0.5) is 5.69 Å². The van der Waals surface area contributed by atoms with Gasteiger partial charge in [-0.25, -0.2) is 0 Å². The zero-order valence-corrected chi connectivity index (χ0v) is 12.4. The normalized spacial score (nSPS) is 16.4. The molecular weight excluding hydrogens is 252 g/mol. The fourth-order valence-corrected chi connectivity index (χ4v) is 2.41. The van der Waals surface area contributed by atoms with Gasteiger partial charge in [0.1, 0.15) is 5.75 Å². The van der Waals surface area contributed by atoms with Crippen LogP contribution < -0.4 is 15.4 Å². The van der Waals surface area contributed by atoms with Crippen molar-refractivity contribution in [3.05, 3.63) is 24.3 Å². The molecule has 1 saturated heterocycles. The van der Waals surface area contributed by atoms with E-state index in [-0.39, 0.29) is 0 Å². The Labute approximate surface area is 121 Å². The van der Waals surface area contributed by atoms with Gasteiger partial charge >= 0.3 is 0 Å². The zero-order valence-electron chi connectivity index (χ0n) is 12.4. The molecule has 1 fully saturated rings. The molecule has 1 aromatic rings. The van der Waals surface area contributed by atoms with E-state index in [1.807, 2.05) is 19.1 Å². The highest BCUT2D eigenvalue weighted by atomic mass is 16.5. The minimum Gasteiger partial charge on any atom is -0.494 e. The molecule has 1 aliphatic rings. The molecule has 0 bridgehead atoms. The third-order valence-corrected chi connectivity index (χ3v) is 3.65. The molecule has 0 unspecified atom stereocenters. The van der Waals surface area contributed by atoms with Gasteiger partial charge in [-0.1, -0.05) is 0 Å². The van der Waals surface area contributed by atoms with Crippen LogP contribution in [0.25, 0.3) is 0 Å². The third-order valence-electron chi connectivity index (χ3n) is 3.65. The molecule has 0 radical (unpaired) electrons. The molecule has 1 aromatic carbocycles. The molecule has 2 N–H and O–H groups in total. The minimum absolute atomic E-state index is 0.374. The summed E-state index contributed by atoms with van der Waals surface area (Å²) in [5.74, 6) is 0.930. The Hall–Kier alpha value is -1.26. The van der Waals surface area contributed by atoms with Gasteiger partial charge in [0.25, 0.3) is 0 Å². The molecule has 2 rings (SSSR count). The molecule has 0 spiro atoms. The predicted octanol–water partition coefficient (Wildman–Crippen LogP) is 2.42. The van der Waals surface area contributed by atoms with Crippen molar-refractivity contribution < 1.29 is 9.47 Å². The maximum absolute atomic E-state index is 5.93. The Balaban J connectivity index is 1.75. The van der Waals surface area contributed by atoms with Crippen LogP contribution in [0, 0.1) is 0 Å². The van der Waals surface area contributed by atoms with E-state index in [2.05, 4.69) is 17.0 Å². The van der Waals surface area contributed by atoms with Gasteiger partial charge < -0.3 is 20.1 Å². The number of nitrogens with two attached hydrogens (primary N) is 1. The van der Waals surface area contributed by atoms with E-state index in [1.165, 1.54) is 5.69 Å². The average Bonchev–Trinajstić information content (AvgIpc) is 2.49. The second kappa shape index (κ2) is 8.12. The first kappa shape index (κ1) is 15.1. The van der Waals surface area contributed by atoms with Crippen LogP contribution >= 0.6 is 0 Å². The SMILES string of the molecule is CCOCCCOc1ccc(N2CCC(N)CC2)cc1. The number of rotatable bonds is 7. The lowest BCUT2D eigenvalue weighted by Crippen LogP contribution is -2.39. The largest absolute Gasteiger partial charge is 0.494 e. The number of hydrogen-bond donors (Lipinski definition) is 1. The van der Waals surface area contributed by atoms with Crippen LogP contribution in [-0.4, -0.2) is 39.0 Å². The number of nitrogens with zero attached hydrogens (tertiary/aromatic N) is 1. The predicted molar refractivity (Wildman–Crippen MR) is 82.5 cm³/mol. The van der Waals surface area contributed by atoms with Crippen LogP contribution in [0.1, 0.15) is 26.2 Å². The minimum atomic E-state index is 0.374. The highest BCUT2D eigenvalue weighted by molar-refractivity contribution is 5.49. The highest BCUT2D eigenvalue weighted by Crippen LogP contribution is 2.22. The van der Waals surface area contributed by atoms with Crippen LogP contribution in [-0.2, 0) is 4.74 Å². The first-order valence-electron chi connectivity index (χ1n) is 7.60. The van der Waals surface area contributed by atoms with Crippen LogP contribution in [0.2, 0.25) is 0 Å². The van der Waals surface area contributed by atoms with Crippen molar-refractivity contribution in [1.29, 1.82) is 0 Å². The third kappa shape index (κ3) is 4.69. The van der Waals surface area contributed by atoms with Crippen molar-refractivity contribution >= 4 is 5.69 Å². The molecule has 4 heteroatoms. The number of hydrogen-bond acceptors (Lipinski definition) is 4. The highest BCUT2D eigenvalue weighted by Gasteiger charge is 2.16. The summed E-state index contributed by atoms with van der Waals surface area (Å²) < 4.78 is 11.0. The summed E-state index contributed by atoms with van der Waals surface area (Å²) in [6, 6.07) is 8.73. The molecule has 112 valence electrons. The Morgan fingerprint density at radius 2 is 1.85 bits per heavy atom. The average molecular weight is 278 g/mol. The lowest BCUT2D eigenvalue weighted by atomic mass is 10.1. The molecule has 1 heterocycles. The van der Waals surface area contributed by atoms with Gasteiger partial charge in [0.05, 0.1) is 6.61 Å². The molecule has 0 atom stereocenters. The van der Waals surface area contributed by atoms with Gasteiger partial charge in [0.2, 0.25) is 0 Å². The number of piperidine rings is 1. The van der Waals surface area contributed by atoms with Gasteiger partial charge in [-0.3, -0.25) is 0 Å². The second-order valence-electron chi connectivity index (χ2n) is 5.22. The molecule has 1 aliphatic heterocycles. The van der Waals surface area contributed by atoms with Gasteiger partial charge in [-0.05, 0) is 44.0 Å². The van der Waals surface area contributed by atoms with Gasteiger partial charge in [0.15, 0.2) is 0 Å². The number of benzene rings is 1. The van der Waals surface area contributed by atoms with Crippen LogP contribution in [0.5, 0.6) is 5.75 Å². The summed E-state index contributed by atoms with van der Waals surface area (Å²) in [4.78, 5) is 2.39. The summed E-state index contributed by atoms with van der Waals surface area (Å²) in [7, 11) is 0. The van der Waals surface area contributed by atoms with E-state index in [4.69, 9.17) is 15.2 Å². The molecule has 0 aliphatic carbocycles. The Morgan fingerprint density at radius 1 is 1.15 bits per heavy atom. The van der Waals surface area contributed by atoms with Crippen molar-refractivity contribution in [3.8, 4) is 5.75 Å². The van der Waals surface area contributed by atoms with E-state index in [1.54, 1.807) is 0 Å². The summed E-state index contributed by atoms with van der Waals surface area (Å²) in [6.45, 7) is 6.35. The maximum atomic E-state index is 5.93. The lowest BCUT2D eigenvalue weighted by Gasteiger charge is -2.32. The van der Waals surface area contributed by atoms with Gasteiger partial charge in [0, 0.05) is 44.5 Å². The van der Waals surface area contributed by atoms with E-state index in [0.29, 0.717) is 12.6 Å². The fourth-order valence-electron chi connectivity index (χ4n) is 2.41. The van der Waals surface area contributed by atoms with E-state index < -0.39 is 0 Å². The molecule has 20 heavy (non-hydrogen) atoms. The van der Waals surface area contributed by atoms with Gasteiger partial charge in [-0.2, -0.15) is 0 Å². The van der Waals surface area contributed by atoms with Crippen molar-refractivity contribution in [2.24, 2.45) is 5.73 Å². The Bertz CT molecular complexity index is 373. The Morgan fingerprint density at radius 3 is 2.50 bits per heavy atom. The molecule has 0 aromatic heterocycles. The number of ether oxygens (including phenoxy) is 2. The smallest absolute Gasteiger partial charge is 0.119 e. The van der Waals surface area contributed by atoms with Crippen molar-refractivity contribution in [2.75, 3.05) is 37.8 Å². The monoisotopic (exact) mass is 278 g/mol. The summed E-state index contributed by atoms with van der Waals surface area (Å²) >= 11 is 0. The maximum Gasteiger partial charge on any atom is 0.119 e. The first-order valence-corrected chi connectivity index (χ1v) is 7.60. The molecule has 4 nitrogen and oxygen atoms in total. The molecule has 0 saturated carbocycles. The quantitative estimate of drug-likeness (QED) is 0.778. The summed E-state index contributed by atoms with van der Waals surface area (Å²) in [6.07, 6.45) is 3.09. The molecular formula is C16H26N2O2. The van der Waals surface area contributed by atoms with Gasteiger partial charge in [-0.15, -0.1) is 0 Å².